The van der Waals surface area contributed by atoms with Crippen molar-refractivity contribution in [2.24, 2.45) is 0 Å². The average Bonchev–Trinajstić information content (AvgIpc) is 2.37. The summed E-state index contributed by atoms with van der Waals surface area (Å²) in [5.41, 5.74) is 0.644. The second-order valence-corrected chi connectivity index (χ2v) is 5.87. The fourth-order valence-corrected chi connectivity index (χ4v) is 3.09. The molecular formula is C10HCl7N2. The van der Waals surface area contributed by atoms with Gasteiger partial charge in [0.2, 0.25) is 5.28 Å². The van der Waals surface area contributed by atoms with E-state index in [-0.39, 0.29) is 35.5 Å². The van der Waals surface area contributed by atoms with Gasteiger partial charge in [0.15, 0.2) is 0 Å². The maximum atomic E-state index is 6.12. The third-order valence-corrected chi connectivity index (χ3v) is 4.94. The van der Waals surface area contributed by atoms with Crippen LogP contribution in [0.2, 0.25) is 35.5 Å². The number of rotatable bonds is 1. The van der Waals surface area contributed by atoms with Crippen LogP contribution in [0.4, 0.5) is 0 Å². The van der Waals surface area contributed by atoms with Crippen LogP contribution in [0.5, 0.6) is 0 Å². The van der Waals surface area contributed by atoms with Gasteiger partial charge < -0.3 is 0 Å². The van der Waals surface area contributed by atoms with Gasteiger partial charge in [0.05, 0.1) is 25.1 Å². The van der Waals surface area contributed by atoms with Crippen LogP contribution in [0.15, 0.2) is 6.20 Å². The van der Waals surface area contributed by atoms with Crippen LogP contribution in [0.1, 0.15) is 0 Å². The van der Waals surface area contributed by atoms with Gasteiger partial charge in [-0.25, -0.2) is 9.97 Å². The summed E-state index contributed by atoms with van der Waals surface area (Å²) in [5, 5.41) is 0.471. The van der Waals surface area contributed by atoms with Gasteiger partial charge in [-0.05, 0) is 11.6 Å². The van der Waals surface area contributed by atoms with Crippen LogP contribution < -0.4 is 0 Å². The molecule has 1 heterocycles. The van der Waals surface area contributed by atoms with Gasteiger partial charge >= 0.3 is 0 Å². The smallest absolute Gasteiger partial charge is 0.223 e. The monoisotopic (exact) mass is 394 g/mol. The third-order valence-electron chi connectivity index (χ3n) is 2.19. The van der Waals surface area contributed by atoms with E-state index in [9.17, 15) is 0 Å². The molecule has 1 aromatic carbocycles. The minimum absolute atomic E-state index is 0.00727. The van der Waals surface area contributed by atoms with Crippen molar-refractivity contribution in [1.29, 1.82) is 0 Å². The number of halogens is 7. The first-order valence-electron chi connectivity index (χ1n) is 4.54. The number of benzene rings is 1. The Morgan fingerprint density at radius 2 is 1.16 bits per heavy atom. The first-order chi connectivity index (χ1) is 8.84. The lowest BCUT2D eigenvalue weighted by molar-refractivity contribution is 1.17. The SMILES string of the molecule is Clc1ncc(-c2c(Cl)c(Cl)c(Cl)c(Cl)c2Cl)c(Cl)n1. The molecule has 0 spiro atoms. The second-order valence-electron chi connectivity index (χ2n) is 3.29. The largest absolute Gasteiger partial charge is 0.226 e. The lowest BCUT2D eigenvalue weighted by atomic mass is 10.1. The molecule has 0 aliphatic rings. The molecule has 0 saturated heterocycles. The molecular weight excluding hydrogens is 396 g/mol. The predicted octanol–water partition coefficient (Wildman–Crippen LogP) is 6.72. The summed E-state index contributed by atoms with van der Waals surface area (Å²) in [6.45, 7) is 0. The summed E-state index contributed by atoms with van der Waals surface area (Å²) in [4.78, 5) is 7.61. The highest BCUT2D eigenvalue weighted by Gasteiger charge is 2.22. The van der Waals surface area contributed by atoms with Crippen molar-refractivity contribution in [3.8, 4) is 11.1 Å². The highest BCUT2D eigenvalue weighted by molar-refractivity contribution is 6.56. The Morgan fingerprint density at radius 1 is 0.684 bits per heavy atom. The second kappa shape index (κ2) is 5.98. The van der Waals surface area contributed by atoms with Gasteiger partial charge in [0.1, 0.15) is 5.15 Å². The molecule has 0 fully saturated rings. The zero-order chi connectivity index (χ0) is 14.3. The van der Waals surface area contributed by atoms with Gasteiger partial charge in [0.25, 0.3) is 0 Å². The number of nitrogens with zero attached hydrogens (tertiary/aromatic N) is 2. The summed E-state index contributed by atoms with van der Waals surface area (Å²) in [6, 6.07) is 0. The van der Waals surface area contributed by atoms with Crippen molar-refractivity contribution in [2.75, 3.05) is 0 Å². The Labute approximate surface area is 143 Å². The average molecular weight is 397 g/mol. The summed E-state index contributed by atoms with van der Waals surface area (Å²) in [7, 11) is 0. The van der Waals surface area contributed by atoms with E-state index in [1.807, 2.05) is 0 Å². The molecule has 0 radical (unpaired) electrons. The molecule has 0 atom stereocenters. The van der Waals surface area contributed by atoms with Crippen LogP contribution >= 0.6 is 81.2 Å². The van der Waals surface area contributed by atoms with Gasteiger partial charge in [-0.15, -0.1) is 0 Å². The van der Waals surface area contributed by atoms with E-state index in [2.05, 4.69) is 9.97 Å². The standard InChI is InChI=1S/C10HCl7N2/c11-4-3(2-1-18-10(17)19-9(2)16)5(12)7(14)8(15)6(4)13/h1H. The molecule has 1 aromatic heterocycles. The molecule has 0 unspecified atom stereocenters. The lowest BCUT2D eigenvalue weighted by Crippen LogP contribution is -1.91. The molecule has 2 rings (SSSR count). The molecule has 0 saturated carbocycles. The van der Waals surface area contributed by atoms with Crippen molar-refractivity contribution in [3.63, 3.8) is 0 Å². The zero-order valence-electron chi connectivity index (χ0n) is 8.62. The number of hydrogen-bond acceptors (Lipinski definition) is 2. The minimum Gasteiger partial charge on any atom is -0.226 e. The Kier molecular flexibility index (Phi) is 4.95. The number of hydrogen-bond donors (Lipinski definition) is 0. The molecule has 2 nitrogen and oxygen atoms in total. The molecule has 0 aliphatic heterocycles. The Hall–Kier alpha value is 0.330. The summed E-state index contributed by atoms with van der Waals surface area (Å²) < 4.78 is 0. The Bertz CT molecular complexity index is 642. The van der Waals surface area contributed by atoms with Crippen LogP contribution in [0, 0.1) is 0 Å². The minimum atomic E-state index is -0.00727. The molecule has 0 N–H and O–H groups in total. The first kappa shape index (κ1) is 15.7. The molecule has 2 aromatic rings. The first-order valence-corrected chi connectivity index (χ1v) is 7.19. The van der Waals surface area contributed by atoms with E-state index in [0.717, 1.165) is 0 Å². The fraction of sp³-hybridized carbons (Fsp3) is 0. The van der Waals surface area contributed by atoms with E-state index in [1.54, 1.807) is 0 Å². The van der Waals surface area contributed by atoms with Crippen LogP contribution in [0.25, 0.3) is 11.1 Å². The van der Waals surface area contributed by atoms with E-state index >= 15 is 0 Å². The van der Waals surface area contributed by atoms with Gasteiger partial charge in [0, 0.05) is 17.3 Å². The fourth-order valence-electron chi connectivity index (χ4n) is 1.35. The van der Waals surface area contributed by atoms with Gasteiger partial charge in [-0.3, -0.25) is 0 Å². The van der Waals surface area contributed by atoms with Crippen molar-refractivity contribution < 1.29 is 0 Å². The van der Waals surface area contributed by atoms with Crippen molar-refractivity contribution in [2.45, 2.75) is 0 Å². The Morgan fingerprint density at radius 3 is 1.63 bits per heavy atom. The topological polar surface area (TPSA) is 25.8 Å². The van der Waals surface area contributed by atoms with Crippen molar-refractivity contribution >= 4 is 81.2 Å². The lowest BCUT2D eigenvalue weighted by Gasteiger charge is -2.13. The molecule has 100 valence electrons. The molecule has 9 heteroatoms. The normalized spacial score (nSPS) is 10.9. The molecule has 0 bridgehead atoms. The Balaban J connectivity index is 2.83. The molecule has 0 amide bonds. The quantitative estimate of drug-likeness (QED) is 0.231. The van der Waals surface area contributed by atoms with E-state index in [4.69, 9.17) is 81.2 Å². The van der Waals surface area contributed by atoms with E-state index in [1.165, 1.54) is 6.20 Å². The maximum Gasteiger partial charge on any atom is 0.223 e. The third kappa shape index (κ3) is 2.86. The van der Waals surface area contributed by atoms with Crippen LogP contribution in [0.3, 0.4) is 0 Å². The van der Waals surface area contributed by atoms with Crippen molar-refractivity contribution in [3.05, 3.63) is 41.7 Å². The van der Waals surface area contributed by atoms with E-state index < -0.39 is 0 Å². The van der Waals surface area contributed by atoms with Gasteiger partial charge in [-0.1, -0.05) is 69.6 Å². The zero-order valence-corrected chi connectivity index (χ0v) is 13.9. The number of aromatic nitrogens is 2. The summed E-state index contributed by atoms with van der Waals surface area (Å²) in [5.74, 6) is 0. The summed E-state index contributed by atoms with van der Waals surface area (Å²) >= 11 is 41.7. The highest BCUT2D eigenvalue weighted by atomic mass is 35.5. The van der Waals surface area contributed by atoms with Crippen molar-refractivity contribution in [1.82, 2.24) is 9.97 Å². The van der Waals surface area contributed by atoms with Crippen LogP contribution in [-0.2, 0) is 0 Å². The van der Waals surface area contributed by atoms with E-state index in [0.29, 0.717) is 11.1 Å². The van der Waals surface area contributed by atoms with Crippen LogP contribution in [-0.4, -0.2) is 9.97 Å². The summed E-state index contributed by atoms with van der Waals surface area (Å²) in [6.07, 6.45) is 1.37. The van der Waals surface area contributed by atoms with Gasteiger partial charge in [-0.2, -0.15) is 0 Å². The predicted molar refractivity (Wildman–Crippen MR) is 82.5 cm³/mol. The highest BCUT2D eigenvalue weighted by Crippen LogP contribution is 2.49. The maximum absolute atomic E-state index is 6.12. The molecule has 0 aliphatic carbocycles. The molecule has 19 heavy (non-hydrogen) atoms.